The standard InChI is InChI=1S/C12H24N2O2/c1-10(2)16-9-5-8-13-12(15)14-11-6-3-4-7-11/h10-11H,3-9H2,1-2H3,(H2,13,14,15). The summed E-state index contributed by atoms with van der Waals surface area (Å²) in [6.07, 6.45) is 5.89. The minimum Gasteiger partial charge on any atom is -0.379 e. The molecule has 94 valence electrons. The van der Waals surface area contributed by atoms with Crippen LogP contribution in [-0.2, 0) is 4.74 Å². The number of hydrogen-bond donors (Lipinski definition) is 2. The van der Waals surface area contributed by atoms with Gasteiger partial charge in [-0.15, -0.1) is 0 Å². The van der Waals surface area contributed by atoms with Gasteiger partial charge in [0.25, 0.3) is 0 Å². The van der Waals surface area contributed by atoms with E-state index in [-0.39, 0.29) is 12.1 Å². The summed E-state index contributed by atoms with van der Waals surface area (Å²) in [6, 6.07) is 0.364. The van der Waals surface area contributed by atoms with Crippen molar-refractivity contribution in [1.29, 1.82) is 0 Å². The third-order valence-corrected chi connectivity index (χ3v) is 2.75. The van der Waals surface area contributed by atoms with E-state index in [9.17, 15) is 4.79 Å². The van der Waals surface area contributed by atoms with Gasteiger partial charge in [0, 0.05) is 19.2 Å². The Morgan fingerprint density at radius 1 is 1.38 bits per heavy atom. The van der Waals surface area contributed by atoms with Crippen molar-refractivity contribution >= 4 is 6.03 Å². The smallest absolute Gasteiger partial charge is 0.315 e. The summed E-state index contributed by atoms with van der Waals surface area (Å²) in [4.78, 5) is 11.4. The number of urea groups is 1. The second-order valence-corrected chi connectivity index (χ2v) is 4.65. The van der Waals surface area contributed by atoms with Crippen molar-refractivity contribution in [3.05, 3.63) is 0 Å². The molecule has 0 aliphatic heterocycles. The predicted molar refractivity (Wildman–Crippen MR) is 64.5 cm³/mol. The molecule has 0 atom stereocenters. The molecular formula is C12H24N2O2. The number of hydrogen-bond acceptors (Lipinski definition) is 2. The van der Waals surface area contributed by atoms with Crippen LogP contribution in [0.2, 0.25) is 0 Å². The van der Waals surface area contributed by atoms with Crippen molar-refractivity contribution in [3.8, 4) is 0 Å². The summed E-state index contributed by atoms with van der Waals surface area (Å²) in [5, 5.41) is 5.84. The first-order chi connectivity index (χ1) is 7.68. The molecule has 1 aliphatic rings. The summed E-state index contributed by atoms with van der Waals surface area (Å²) in [5.74, 6) is 0. The fourth-order valence-corrected chi connectivity index (χ4v) is 1.90. The average molecular weight is 228 g/mol. The Bertz CT molecular complexity index is 201. The van der Waals surface area contributed by atoms with Crippen LogP contribution in [0, 0.1) is 0 Å². The summed E-state index contributed by atoms with van der Waals surface area (Å²) in [5.41, 5.74) is 0. The molecular weight excluding hydrogens is 204 g/mol. The lowest BCUT2D eigenvalue weighted by Crippen LogP contribution is -2.41. The second kappa shape index (κ2) is 7.49. The van der Waals surface area contributed by atoms with Gasteiger partial charge in [-0.05, 0) is 33.1 Å². The molecule has 0 aromatic heterocycles. The molecule has 0 heterocycles. The zero-order valence-corrected chi connectivity index (χ0v) is 10.4. The highest BCUT2D eigenvalue weighted by Gasteiger charge is 2.16. The lowest BCUT2D eigenvalue weighted by atomic mass is 10.2. The van der Waals surface area contributed by atoms with E-state index in [0.717, 1.165) is 19.3 Å². The predicted octanol–water partition coefficient (Wildman–Crippen LogP) is 2.04. The van der Waals surface area contributed by atoms with E-state index in [4.69, 9.17) is 4.74 Å². The van der Waals surface area contributed by atoms with Gasteiger partial charge >= 0.3 is 6.03 Å². The van der Waals surface area contributed by atoms with Gasteiger partial charge < -0.3 is 15.4 Å². The molecule has 0 aromatic rings. The number of carbonyl (C=O) groups excluding carboxylic acids is 1. The lowest BCUT2D eigenvalue weighted by Gasteiger charge is -2.13. The molecule has 1 fully saturated rings. The Morgan fingerprint density at radius 2 is 2.06 bits per heavy atom. The van der Waals surface area contributed by atoms with E-state index in [0.29, 0.717) is 19.2 Å². The molecule has 0 spiro atoms. The molecule has 0 saturated heterocycles. The van der Waals surface area contributed by atoms with Gasteiger partial charge in [-0.3, -0.25) is 0 Å². The van der Waals surface area contributed by atoms with Crippen molar-refractivity contribution in [1.82, 2.24) is 10.6 Å². The Hall–Kier alpha value is -0.770. The molecule has 4 nitrogen and oxygen atoms in total. The Morgan fingerprint density at radius 3 is 2.69 bits per heavy atom. The van der Waals surface area contributed by atoms with Gasteiger partial charge in [-0.2, -0.15) is 0 Å². The van der Waals surface area contributed by atoms with Crippen LogP contribution in [0.1, 0.15) is 46.0 Å². The first kappa shape index (κ1) is 13.3. The summed E-state index contributed by atoms with van der Waals surface area (Å²) in [6.45, 7) is 5.42. The van der Waals surface area contributed by atoms with E-state index in [1.807, 2.05) is 13.8 Å². The van der Waals surface area contributed by atoms with Gasteiger partial charge in [0.05, 0.1) is 6.10 Å². The highest BCUT2D eigenvalue weighted by Crippen LogP contribution is 2.17. The molecule has 0 radical (unpaired) electrons. The largest absolute Gasteiger partial charge is 0.379 e. The van der Waals surface area contributed by atoms with E-state index in [1.165, 1.54) is 12.8 Å². The number of carbonyl (C=O) groups is 1. The van der Waals surface area contributed by atoms with Crippen LogP contribution in [-0.4, -0.2) is 31.3 Å². The van der Waals surface area contributed by atoms with Crippen LogP contribution in [0.15, 0.2) is 0 Å². The molecule has 0 bridgehead atoms. The zero-order chi connectivity index (χ0) is 11.8. The topological polar surface area (TPSA) is 50.4 Å². The molecule has 0 aromatic carbocycles. The monoisotopic (exact) mass is 228 g/mol. The van der Waals surface area contributed by atoms with Gasteiger partial charge in [0.2, 0.25) is 0 Å². The lowest BCUT2D eigenvalue weighted by molar-refractivity contribution is 0.0774. The molecule has 2 amide bonds. The SMILES string of the molecule is CC(C)OCCCNC(=O)NC1CCCC1. The number of ether oxygens (including phenoxy) is 1. The Balaban J connectivity index is 1.93. The normalized spacial score (nSPS) is 16.7. The van der Waals surface area contributed by atoms with Gasteiger partial charge in [0.15, 0.2) is 0 Å². The first-order valence-corrected chi connectivity index (χ1v) is 6.34. The molecule has 0 unspecified atom stereocenters. The maximum absolute atomic E-state index is 11.4. The van der Waals surface area contributed by atoms with Crippen molar-refractivity contribution in [2.45, 2.75) is 58.1 Å². The minimum atomic E-state index is -0.0311. The molecule has 4 heteroatoms. The first-order valence-electron chi connectivity index (χ1n) is 6.34. The quantitative estimate of drug-likeness (QED) is 0.684. The highest BCUT2D eigenvalue weighted by molar-refractivity contribution is 5.74. The zero-order valence-electron chi connectivity index (χ0n) is 10.4. The van der Waals surface area contributed by atoms with Crippen LogP contribution < -0.4 is 10.6 Å². The summed E-state index contributed by atoms with van der Waals surface area (Å²) < 4.78 is 5.39. The molecule has 1 rings (SSSR count). The maximum atomic E-state index is 11.4. The van der Waals surface area contributed by atoms with E-state index >= 15 is 0 Å². The highest BCUT2D eigenvalue weighted by atomic mass is 16.5. The Labute approximate surface area is 98.1 Å². The number of rotatable bonds is 6. The number of nitrogens with one attached hydrogen (secondary N) is 2. The second-order valence-electron chi connectivity index (χ2n) is 4.65. The van der Waals surface area contributed by atoms with Crippen molar-refractivity contribution in [3.63, 3.8) is 0 Å². The Kier molecular flexibility index (Phi) is 6.23. The molecule has 1 aliphatic carbocycles. The number of amides is 2. The van der Waals surface area contributed by atoms with Crippen LogP contribution >= 0.6 is 0 Å². The van der Waals surface area contributed by atoms with Crippen molar-refractivity contribution < 1.29 is 9.53 Å². The molecule has 1 saturated carbocycles. The van der Waals surface area contributed by atoms with Gasteiger partial charge in [0.1, 0.15) is 0 Å². The van der Waals surface area contributed by atoms with E-state index in [1.54, 1.807) is 0 Å². The van der Waals surface area contributed by atoms with Crippen molar-refractivity contribution in [2.75, 3.05) is 13.2 Å². The third kappa shape index (κ3) is 5.95. The third-order valence-electron chi connectivity index (χ3n) is 2.75. The van der Waals surface area contributed by atoms with Crippen LogP contribution in [0.4, 0.5) is 4.79 Å². The van der Waals surface area contributed by atoms with Crippen molar-refractivity contribution in [2.24, 2.45) is 0 Å². The summed E-state index contributed by atoms with van der Waals surface area (Å²) in [7, 11) is 0. The average Bonchev–Trinajstić information content (AvgIpc) is 2.69. The fourth-order valence-electron chi connectivity index (χ4n) is 1.90. The van der Waals surface area contributed by atoms with E-state index < -0.39 is 0 Å². The summed E-state index contributed by atoms with van der Waals surface area (Å²) >= 11 is 0. The maximum Gasteiger partial charge on any atom is 0.315 e. The van der Waals surface area contributed by atoms with Crippen LogP contribution in [0.25, 0.3) is 0 Å². The molecule has 2 N–H and O–H groups in total. The van der Waals surface area contributed by atoms with Crippen LogP contribution in [0.5, 0.6) is 0 Å². The van der Waals surface area contributed by atoms with Gasteiger partial charge in [-0.25, -0.2) is 4.79 Å². The van der Waals surface area contributed by atoms with Crippen LogP contribution in [0.3, 0.4) is 0 Å². The van der Waals surface area contributed by atoms with Gasteiger partial charge in [-0.1, -0.05) is 12.8 Å². The van der Waals surface area contributed by atoms with E-state index in [2.05, 4.69) is 10.6 Å². The minimum absolute atomic E-state index is 0.0311. The fraction of sp³-hybridized carbons (Fsp3) is 0.917. The molecule has 16 heavy (non-hydrogen) atoms.